The van der Waals surface area contributed by atoms with Gasteiger partial charge in [0, 0.05) is 39.0 Å². The molecule has 0 aromatic rings. The van der Waals surface area contributed by atoms with Gasteiger partial charge in [0.25, 0.3) is 6.29 Å². The van der Waals surface area contributed by atoms with Gasteiger partial charge in [-0.25, -0.2) is 4.79 Å². The van der Waals surface area contributed by atoms with E-state index in [-0.39, 0.29) is 57.2 Å². The van der Waals surface area contributed by atoms with Crippen LogP contribution in [0.25, 0.3) is 0 Å². The Morgan fingerprint density at radius 2 is 0.987 bits per heavy atom. The van der Waals surface area contributed by atoms with Crippen molar-refractivity contribution in [1.29, 1.82) is 0 Å². The number of hydrogen-bond acceptors (Lipinski definition) is 14. The lowest BCUT2D eigenvalue weighted by atomic mass is 9.95. The number of carbonyl (C=O) groups excluding carboxylic acids is 5. The molecule has 0 amide bonds. The van der Waals surface area contributed by atoms with Gasteiger partial charge in [-0.05, 0) is 116 Å². The van der Waals surface area contributed by atoms with Crippen LogP contribution in [0.4, 0.5) is 4.79 Å². The molecule has 0 radical (unpaired) electrons. The van der Waals surface area contributed by atoms with Gasteiger partial charge in [0.05, 0.1) is 31.5 Å². The first kappa shape index (κ1) is 71.5. The summed E-state index contributed by atoms with van der Waals surface area (Å²) in [5, 5.41) is 0. The molecular formula is C61H111NO13. The number of carbonyl (C=O) groups is 5. The molecule has 0 spiro atoms. The first-order valence-corrected chi connectivity index (χ1v) is 30.3. The summed E-state index contributed by atoms with van der Waals surface area (Å²) in [6, 6.07) is 0. The molecule has 0 heterocycles. The molecule has 0 N–H and O–H groups in total. The second-order valence-corrected chi connectivity index (χ2v) is 20.1. The van der Waals surface area contributed by atoms with E-state index < -0.39 is 48.7 Å². The molecule has 0 aliphatic heterocycles. The van der Waals surface area contributed by atoms with Crippen molar-refractivity contribution in [2.75, 3.05) is 52.7 Å². The third-order valence-electron chi connectivity index (χ3n) is 13.2. The molecule has 0 saturated carbocycles. The molecule has 4 atom stereocenters. The lowest BCUT2D eigenvalue weighted by Crippen LogP contribution is -2.34. The highest BCUT2D eigenvalue weighted by Crippen LogP contribution is 2.21. The van der Waals surface area contributed by atoms with Crippen molar-refractivity contribution in [3.63, 3.8) is 0 Å². The molecule has 75 heavy (non-hydrogen) atoms. The van der Waals surface area contributed by atoms with Gasteiger partial charge in [-0.2, -0.15) is 0 Å². The predicted molar refractivity (Wildman–Crippen MR) is 300 cm³/mol. The first-order valence-electron chi connectivity index (χ1n) is 30.3. The van der Waals surface area contributed by atoms with Gasteiger partial charge in [0.1, 0.15) is 12.7 Å². The molecule has 0 aliphatic carbocycles. The molecular weight excluding hydrogens is 955 g/mol. The number of hydrogen-bond donors (Lipinski definition) is 0. The van der Waals surface area contributed by atoms with E-state index in [0.717, 1.165) is 154 Å². The van der Waals surface area contributed by atoms with Crippen molar-refractivity contribution < 1.29 is 61.9 Å². The van der Waals surface area contributed by atoms with Gasteiger partial charge in [0.15, 0.2) is 6.29 Å². The summed E-state index contributed by atoms with van der Waals surface area (Å²) in [6.07, 6.45) is 30.1. The number of ether oxygens (including phenoxy) is 8. The molecule has 438 valence electrons. The summed E-state index contributed by atoms with van der Waals surface area (Å²) in [4.78, 5) is 67.8. The van der Waals surface area contributed by atoms with Crippen LogP contribution in [0.1, 0.15) is 254 Å². The van der Waals surface area contributed by atoms with Crippen LogP contribution >= 0.6 is 0 Å². The van der Waals surface area contributed by atoms with E-state index >= 15 is 0 Å². The second-order valence-electron chi connectivity index (χ2n) is 20.1. The fraction of sp³-hybridized carbons (Fsp3) is 0.852. The Labute approximate surface area is 457 Å². The van der Waals surface area contributed by atoms with Crippen LogP contribution in [-0.2, 0) is 57.1 Å². The summed E-state index contributed by atoms with van der Waals surface area (Å²) >= 11 is 0. The van der Waals surface area contributed by atoms with Crippen molar-refractivity contribution in [2.24, 2.45) is 11.8 Å². The fourth-order valence-electron chi connectivity index (χ4n) is 8.34. The van der Waals surface area contributed by atoms with Gasteiger partial charge in [-0.15, -0.1) is 0 Å². The molecule has 0 rings (SSSR count). The quantitative estimate of drug-likeness (QED) is 0.0186. The maximum atomic E-state index is 13.5. The summed E-state index contributed by atoms with van der Waals surface area (Å²) in [6.45, 7) is 20.7. The van der Waals surface area contributed by atoms with Gasteiger partial charge in [-0.3, -0.25) is 19.2 Å². The van der Waals surface area contributed by atoms with Gasteiger partial charge < -0.3 is 42.8 Å². The lowest BCUT2D eigenvalue weighted by Gasteiger charge is -2.25. The summed E-state index contributed by atoms with van der Waals surface area (Å²) in [5.74, 6) is -2.46. The molecule has 0 aliphatic rings. The van der Waals surface area contributed by atoms with Gasteiger partial charge in [0.2, 0.25) is 0 Å². The van der Waals surface area contributed by atoms with E-state index in [9.17, 15) is 24.0 Å². The normalized spacial score (nSPS) is 13.3. The summed E-state index contributed by atoms with van der Waals surface area (Å²) in [5.41, 5.74) is 0. The SMILES string of the molecule is CC/C=C\CCCCOC(CCC(=O)OC(OC(=O)CCCCCCOC(=O)C(CCCC)CCCCCC)C(C)COC(=O)CCC(CCCCCC)OC(=O)OCCCN(CC)CC)OCCCC/C=C\CC. The Morgan fingerprint density at radius 3 is 1.59 bits per heavy atom. The average molecular weight is 1070 g/mol. The third-order valence-corrected chi connectivity index (χ3v) is 13.2. The minimum atomic E-state index is -1.31. The molecule has 0 saturated heterocycles. The number of unbranched alkanes of at least 4 members (excludes halogenated alkanes) is 14. The number of esters is 4. The largest absolute Gasteiger partial charge is 0.508 e. The zero-order valence-corrected chi connectivity index (χ0v) is 49.0. The van der Waals surface area contributed by atoms with Crippen LogP contribution in [0.2, 0.25) is 0 Å². The Hall–Kier alpha value is -3.49. The Morgan fingerprint density at radius 1 is 0.453 bits per heavy atom. The minimum Gasteiger partial charge on any atom is -0.465 e. The zero-order chi connectivity index (χ0) is 55.4. The van der Waals surface area contributed by atoms with E-state index in [2.05, 4.69) is 77.7 Å². The molecule has 14 heteroatoms. The maximum absolute atomic E-state index is 13.5. The van der Waals surface area contributed by atoms with Crippen LogP contribution in [0, 0.1) is 11.8 Å². The number of allylic oxidation sites excluding steroid dienone is 4. The van der Waals surface area contributed by atoms with Gasteiger partial charge in [-0.1, -0.05) is 150 Å². The van der Waals surface area contributed by atoms with Crippen LogP contribution in [-0.4, -0.2) is 106 Å². The van der Waals surface area contributed by atoms with E-state index in [1.165, 1.54) is 6.42 Å². The number of rotatable bonds is 53. The standard InChI is InChI=1S/C61H111NO13/c1-9-16-21-25-28-34-47-68-58(69-48-35-29-26-22-17-10-2)45-44-57(65)75-60(74-56(64)41-33-27-30-36-49-70-59(66)53(38-20-13-5)39-31-23-18-11-3)52(8)51-72-55(63)43-42-54(40-32-24-19-12-4)73-61(67)71-50-37-46-62(14-6)15-7/h16-17,21-22,52-54,58,60H,9-15,18-20,23-51H2,1-8H3/b21-16-,22-17-. The van der Waals surface area contributed by atoms with Crippen LogP contribution in [0.5, 0.6) is 0 Å². The van der Waals surface area contributed by atoms with Crippen molar-refractivity contribution in [2.45, 2.75) is 273 Å². The monoisotopic (exact) mass is 1070 g/mol. The fourth-order valence-corrected chi connectivity index (χ4v) is 8.34. The average Bonchev–Trinajstić information content (AvgIpc) is 3.40. The van der Waals surface area contributed by atoms with E-state index in [1.807, 2.05) is 0 Å². The van der Waals surface area contributed by atoms with Crippen molar-refractivity contribution in [1.82, 2.24) is 4.90 Å². The molecule has 4 unspecified atom stereocenters. The molecule has 0 fully saturated rings. The zero-order valence-electron chi connectivity index (χ0n) is 49.0. The lowest BCUT2D eigenvalue weighted by molar-refractivity contribution is -0.202. The highest BCUT2D eigenvalue weighted by Gasteiger charge is 2.28. The Kier molecular flexibility index (Phi) is 50.1. The van der Waals surface area contributed by atoms with E-state index in [0.29, 0.717) is 45.5 Å². The highest BCUT2D eigenvalue weighted by atomic mass is 16.7. The summed E-state index contributed by atoms with van der Waals surface area (Å²) in [7, 11) is 0. The van der Waals surface area contributed by atoms with Crippen molar-refractivity contribution >= 4 is 30.0 Å². The van der Waals surface area contributed by atoms with Crippen LogP contribution in [0.15, 0.2) is 24.3 Å². The molecule has 0 bridgehead atoms. The smallest absolute Gasteiger partial charge is 0.465 e. The maximum Gasteiger partial charge on any atom is 0.508 e. The Balaban J connectivity index is 5.67. The summed E-state index contributed by atoms with van der Waals surface area (Å²) < 4.78 is 46.3. The molecule has 0 aromatic heterocycles. The number of nitrogens with zero attached hydrogens (tertiary/aromatic N) is 1. The molecule has 0 aromatic carbocycles. The minimum absolute atomic E-state index is 0.00536. The van der Waals surface area contributed by atoms with Crippen LogP contribution < -0.4 is 0 Å². The van der Waals surface area contributed by atoms with Crippen molar-refractivity contribution in [3.05, 3.63) is 24.3 Å². The van der Waals surface area contributed by atoms with Gasteiger partial charge >= 0.3 is 30.0 Å². The highest BCUT2D eigenvalue weighted by molar-refractivity contribution is 5.72. The van der Waals surface area contributed by atoms with Crippen LogP contribution in [0.3, 0.4) is 0 Å². The van der Waals surface area contributed by atoms with E-state index in [1.54, 1.807) is 6.92 Å². The topological polar surface area (TPSA) is 162 Å². The van der Waals surface area contributed by atoms with Crippen molar-refractivity contribution in [3.8, 4) is 0 Å². The Bertz CT molecular complexity index is 1410. The second kappa shape index (κ2) is 52.6. The van der Waals surface area contributed by atoms with E-state index in [4.69, 9.17) is 37.9 Å². The first-order chi connectivity index (χ1) is 36.5. The predicted octanol–water partition coefficient (Wildman–Crippen LogP) is 15.3. The molecule has 14 nitrogen and oxygen atoms in total. The third kappa shape index (κ3) is 44.2.